The SMILES string of the molecule is CCC[C@@H]1O[C@H](CO)[C@H](OC)C1O. The number of hydrogen-bond acceptors (Lipinski definition) is 4. The molecule has 4 nitrogen and oxygen atoms in total. The molecule has 4 heteroatoms. The van der Waals surface area contributed by atoms with Crippen molar-refractivity contribution >= 4 is 0 Å². The summed E-state index contributed by atoms with van der Waals surface area (Å²) in [4.78, 5) is 0. The minimum atomic E-state index is -0.609. The Hall–Kier alpha value is -0.160. The third kappa shape index (κ3) is 2.20. The van der Waals surface area contributed by atoms with Crippen LogP contribution in [0.5, 0.6) is 0 Å². The second-order valence-electron chi connectivity index (χ2n) is 3.38. The van der Waals surface area contributed by atoms with Crippen molar-refractivity contribution in [3.05, 3.63) is 0 Å². The summed E-state index contributed by atoms with van der Waals surface area (Å²) in [6.45, 7) is 1.93. The number of aliphatic hydroxyl groups is 2. The van der Waals surface area contributed by atoms with Crippen molar-refractivity contribution < 1.29 is 19.7 Å². The van der Waals surface area contributed by atoms with Gasteiger partial charge in [0.1, 0.15) is 18.3 Å². The maximum Gasteiger partial charge on any atom is 0.114 e. The average molecular weight is 190 g/mol. The maximum absolute atomic E-state index is 9.72. The quantitative estimate of drug-likeness (QED) is 0.651. The molecule has 13 heavy (non-hydrogen) atoms. The van der Waals surface area contributed by atoms with Gasteiger partial charge in [-0.3, -0.25) is 0 Å². The zero-order valence-corrected chi connectivity index (χ0v) is 8.14. The highest BCUT2D eigenvalue weighted by Crippen LogP contribution is 2.25. The van der Waals surface area contributed by atoms with Crippen LogP contribution in [0.4, 0.5) is 0 Å². The van der Waals surface area contributed by atoms with Crippen molar-refractivity contribution in [2.24, 2.45) is 0 Å². The molecule has 0 aromatic rings. The molecule has 0 aromatic heterocycles. The minimum Gasteiger partial charge on any atom is -0.394 e. The van der Waals surface area contributed by atoms with Gasteiger partial charge in [-0.15, -0.1) is 0 Å². The molecule has 1 fully saturated rings. The summed E-state index contributed by atoms with van der Waals surface area (Å²) < 4.78 is 10.5. The second kappa shape index (κ2) is 4.91. The summed E-state index contributed by atoms with van der Waals surface area (Å²) in [5.41, 5.74) is 0. The number of methoxy groups -OCH3 is 1. The Morgan fingerprint density at radius 1 is 1.38 bits per heavy atom. The Morgan fingerprint density at radius 3 is 2.46 bits per heavy atom. The van der Waals surface area contributed by atoms with Crippen LogP contribution in [0.25, 0.3) is 0 Å². The molecule has 0 aliphatic carbocycles. The minimum absolute atomic E-state index is 0.101. The van der Waals surface area contributed by atoms with Gasteiger partial charge in [0.05, 0.1) is 12.7 Å². The molecule has 0 saturated carbocycles. The van der Waals surface area contributed by atoms with E-state index in [0.717, 1.165) is 12.8 Å². The van der Waals surface area contributed by atoms with E-state index < -0.39 is 6.10 Å². The normalized spacial score (nSPS) is 39.7. The van der Waals surface area contributed by atoms with E-state index in [9.17, 15) is 5.11 Å². The molecule has 0 radical (unpaired) electrons. The molecule has 1 aliphatic rings. The molecule has 1 heterocycles. The summed E-state index contributed by atoms with van der Waals surface area (Å²) in [5.74, 6) is 0. The molecule has 2 N–H and O–H groups in total. The Bertz CT molecular complexity index is 151. The van der Waals surface area contributed by atoms with Crippen molar-refractivity contribution in [3.8, 4) is 0 Å². The van der Waals surface area contributed by atoms with E-state index in [1.54, 1.807) is 0 Å². The summed E-state index contributed by atoms with van der Waals surface area (Å²) in [7, 11) is 1.52. The van der Waals surface area contributed by atoms with E-state index in [0.29, 0.717) is 0 Å². The lowest BCUT2D eigenvalue weighted by molar-refractivity contribution is -0.0368. The topological polar surface area (TPSA) is 58.9 Å². The molecule has 1 unspecified atom stereocenters. The van der Waals surface area contributed by atoms with E-state index in [2.05, 4.69) is 0 Å². The second-order valence-corrected chi connectivity index (χ2v) is 3.38. The molecule has 1 aliphatic heterocycles. The standard InChI is InChI=1S/C9H18O4/c1-3-4-6-8(11)9(12-2)7(5-10)13-6/h6-11H,3-5H2,1-2H3/t6-,7+,8?,9-/m0/s1. The van der Waals surface area contributed by atoms with Crippen LogP contribution in [-0.4, -0.2) is 48.3 Å². The van der Waals surface area contributed by atoms with Crippen molar-refractivity contribution in [3.63, 3.8) is 0 Å². The fraction of sp³-hybridized carbons (Fsp3) is 1.00. The number of hydrogen-bond donors (Lipinski definition) is 2. The predicted molar refractivity (Wildman–Crippen MR) is 47.5 cm³/mol. The zero-order chi connectivity index (χ0) is 9.84. The van der Waals surface area contributed by atoms with Gasteiger partial charge in [0.2, 0.25) is 0 Å². The molecular weight excluding hydrogens is 172 g/mol. The van der Waals surface area contributed by atoms with E-state index in [1.807, 2.05) is 6.92 Å². The number of aliphatic hydroxyl groups excluding tert-OH is 2. The first kappa shape index (κ1) is 10.9. The van der Waals surface area contributed by atoms with Crippen LogP contribution in [0.3, 0.4) is 0 Å². The molecule has 1 rings (SSSR count). The van der Waals surface area contributed by atoms with Crippen LogP contribution in [0, 0.1) is 0 Å². The van der Waals surface area contributed by atoms with E-state index >= 15 is 0 Å². The Kier molecular flexibility index (Phi) is 4.12. The number of ether oxygens (including phenoxy) is 2. The summed E-state index contributed by atoms with van der Waals surface area (Å²) in [6, 6.07) is 0. The monoisotopic (exact) mass is 190 g/mol. The van der Waals surface area contributed by atoms with Gasteiger partial charge in [-0.25, -0.2) is 0 Å². The van der Waals surface area contributed by atoms with Gasteiger partial charge in [0.25, 0.3) is 0 Å². The van der Waals surface area contributed by atoms with Crippen LogP contribution >= 0.6 is 0 Å². The van der Waals surface area contributed by atoms with Crippen molar-refractivity contribution in [1.29, 1.82) is 0 Å². The molecular formula is C9H18O4. The van der Waals surface area contributed by atoms with Crippen LogP contribution in [0.1, 0.15) is 19.8 Å². The fourth-order valence-electron chi connectivity index (χ4n) is 1.78. The molecule has 0 amide bonds. The molecule has 0 spiro atoms. The summed E-state index contributed by atoms with van der Waals surface area (Å²) in [6.07, 6.45) is 0.195. The van der Waals surface area contributed by atoms with Gasteiger partial charge >= 0.3 is 0 Å². The maximum atomic E-state index is 9.72. The third-order valence-corrected chi connectivity index (χ3v) is 2.46. The largest absolute Gasteiger partial charge is 0.394 e. The van der Waals surface area contributed by atoms with Gasteiger partial charge in [-0.2, -0.15) is 0 Å². The first-order chi connectivity index (χ1) is 6.24. The average Bonchev–Trinajstić information content (AvgIpc) is 2.44. The van der Waals surface area contributed by atoms with Gasteiger partial charge in [0, 0.05) is 7.11 Å². The number of rotatable bonds is 4. The van der Waals surface area contributed by atoms with Gasteiger partial charge < -0.3 is 19.7 Å². The molecule has 0 bridgehead atoms. The van der Waals surface area contributed by atoms with Crippen molar-refractivity contribution in [1.82, 2.24) is 0 Å². The lowest BCUT2D eigenvalue weighted by Crippen LogP contribution is -2.35. The predicted octanol–water partition coefficient (Wildman–Crippen LogP) is -0.0779. The molecule has 78 valence electrons. The van der Waals surface area contributed by atoms with Crippen molar-refractivity contribution in [2.45, 2.75) is 44.2 Å². The lowest BCUT2D eigenvalue weighted by Gasteiger charge is -2.16. The lowest BCUT2D eigenvalue weighted by atomic mass is 10.0. The molecule has 4 atom stereocenters. The van der Waals surface area contributed by atoms with Crippen molar-refractivity contribution in [2.75, 3.05) is 13.7 Å². The van der Waals surface area contributed by atoms with E-state index in [-0.39, 0.29) is 24.9 Å². The van der Waals surface area contributed by atoms with Crippen LogP contribution in [0.15, 0.2) is 0 Å². The fourth-order valence-corrected chi connectivity index (χ4v) is 1.78. The molecule has 1 saturated heterocycles. The Morgan fingerprint density at radius 2 is 2.08 bits per heavy atom. The summed E-state index contributed by atoms with van der Waals surface area (Å²) >= 11 is 0. The van der Waals surface area contributed by atoms with Gasteiger partial charge in [0.15, 0.2) is 0 Å². The highest BCUT2D eigenvalue weighted by molar-refractivity contribution is 4.90. The summed E-state index contributed by atoms with van der Waals surface area (Å²) in [5, 5.41) is 18.7. The zero-order valence-electron chi connectivity index (χ0n) is 8.14. The molecule has 0 aromatic carbocycles. The van der Waals surface area contributed by atoms with Crippen LogP contribution in [0.2, 0.25) is 0 Å². The smallest absolute Gasteiger partial charge is 0.114 e. The Balaban J connectivity index is 2.54. The Labute approximate surface area is 78.5 Å². The first-order valence-corrected chi connectivity index (χ1v) is 4.71. The first-order valence-electron chi connectivity index (χ1n) is 4.71. The highest BCUT2D eigenvalue weighted by Gasteiger charge is 2.42. The third-order valence-electron chi connectivity index (χ3n) is 2.46. The van der Waals surface area contributed by atoms with Crippen LogP contribution in [-0.2, 0) is 9.47 Å². The van der Waals surface area contributed by atoms with Gasteiger partial charge in [-0.1, -0.05) is 13.3 Å². The highest BCUT2D eigenvalue weighted by atomic mass is 16.6. The van der Waals surface area contributed by atoms with Gasteiger partial charge in [-0.05, 0) is 6.42 Å². The van der Waals surface area contributed by atoms with Crippen LogP contribution < -0.4 is 0 Å². The van der Waals surface area contributed by atoms with E-state index in [4.69, 9.17) is 14.6 Å². The van der Waals surface area contributed by atoms with E-state index in [1.165, 1.54) is 7.11 Å².